The Morgan fingerprint density at radius 3 is 2.69 bits per heavy atom. The van der Waals surface area contributed by atoms with Crippen LogP contribution >= 0.6 is 0 Å². The van der Waals surface area contributed by atoms with Gasteiger partial charge in [0.1, 0.15) is 6.61 Å². The number of cyclic esters (lactones) is 1. The van der Waals surface area contributed by atoms with Crippen molar-refractivity contribution in [1.29, 1.82) is 0 Å². The number of imide groups is 1. The summed E-state index contributed by atoms with van der Waals surface area (Å²) in [5, 5.41) is 9.26. The number of phenolic OH excluding ortho intramolecular Hbond substituents is 1. The van der Waals surface area contributed by atoms with Crippen molar-refractivity contribution in [2.75, 3.05) is 6.61 Å². The number of hydrogen-bond acceptors (Lipinski definition) is 4. The summed E-state index contributed by atoms with van der Waals surface area (Å²) >= 11 is 0. The number of benzene rings is 2. The Morgan fingerprint density at radius 2 is 2.00 bits per heavy atom. The molecule has 2 aromatic carbocycles. The molecule has 5 nitrogen and oxygen atoms in total. The zero-order valence-electron chi connectivity index (χ0n) is 14.4. The van der Waals surface area contributed by atoms with Crippen molar-refractivity contribution in [3.05, 3.63) is 65.5 Å². The first-order chi connectivity index (χ1) is 12.5. The summed E-state index contributed by atoms with van der Waals surface area (Å²) in [5.41, 5.74) is 1.59. The highest BCUT2D eigenvalue weighted by Gasteiger charge is 2.39. The lowest BCUT2D eigenvalue weighted by Crippen LogP contribution is -2.43. The summed E-state index contributed by atoms with van der Waals surface area (Å²) < 4.78 is 18.6. The number of rotatable bonds is 5. The van der Waals surface area contributed by atoms with Gasteiger partial charge in [0, 0.05) is 5.92 Å². The molecule has 0 radical (unpaired) electrons. The first-order valence-corrected chi connectivity index (χ1v) is 8.47. The number of phenols is 1. The molecule has 1 heterocycles. The molecule has 0 aliphatic carbocycles. The summed E-state index contributed by atoms with van der Waals surface area (Å²) in [5.74, 6) is -2.03. The maximum atomic E-state index is 13.5. The fourth-order valence-corrected chi connectivity index (χ4v) is 3.12. The van der Waals surface area contributed by atoms with Gasteiger partial charge in [0.25, 0.3) is 0 Å². The summed E-state index contributed by atoms with van der Waals surface area (Å²) in [6, 6.07) is 13.3. The second-order valence-corrected chi connectivity index (χ2v) is 6.52. The molecule has 1 fully saturated rings. The lowest BCUT2D eigenvalue weighted by molar-refractivity contribution is -0.132. The third-order valence-electron chi connectivity index (χ3n) is 4.49. The Bertz CT molecular complexity index is 809. The van der Waals surface area contributed by atoms with E-state index in [2.05, 4.69) is 0 Å². The smallest absolute Gasteiger partial charge is 0.416 e. The molecule has 1 aliphatic heterocycles. The molecule has 26 heavy (non-hydrogen) atoms. The van der Waals surface area contributed by atoms with Crippen LogP contribution in [0.4, 0.5) is 9.18 Å². The molecule has 1 aliphatic rings. The maximum Gasteiger partial charge on any atom is 0.416 e. The molecular formula is C20H20FNO4. The summed E-state index contributed by atoms with van der Waals surface area (Å²) in [4.78, 5) is 26.0. The fourth-order valence-electron chi connectivity index (χ4n) is 3.12. The SMILES string of the molecule is C[C@@H](Cc1ccc(O)c(F)c1)C(=O)N1C(=O)OC[C@H]1Cc1ccccc1. The Morgan fingerprint density at radius 1 is 1.27 bits per heavy atom. The average molecular weight is 357 g/mol. The van der Waals surface area contributed by atoms with E-state index in [9.17, 15) is 19.1 Å². The Balaban J connectivity index is 1.71. The molecule has 1 N–H and O–H groups in total. The molecule has 0 saturated carbocycles. The number of ether oxygens (including phenoxy) is 1. The van der Waals surface area contributed by atoms with Gasteiger partial charge in [-0.15, -0.1) is 0 Å². The van der Waals surface area contributed by atoms with Gasteiger partial charge >= 0.3 is 6.09 Å². The van der Waals surface area contributed by atoms with E-state index >= 15 is 0 Å². The van der Waals surface area contributed by atoms with E-state index in [0.717, 1.165) is 5.56 Å². The number of hydrogen-bond donors (Lipinski definition) is 1. The van der Waals surface area contributed by atoms with Crippen molar-refractivity contribution in [3.63, 3.8) is 0 Å². The zero-order chi connectivity index (χ0) is 18.7. The van der Waals surface area contributed by atoms with Gasteiger partial charge in [-0.3, -0.25) is 4.79 Å². The van der Waals surface area contributed by atoms with Gasteiger partial charge in [0.05, 0.1) is 6.04 Å². The summed E-state index contributed by atoms with van der Waals surface area (Å²) in [6.45, 7) is 1.86. The van der Waals surface area contributed by atoms with Gasteiger partial charge in [0.2, 0.25) is 5.91 Å². The first kappa shape index (κ1) is 17.9. The van der Waals surface area contributed by atoms with Crippen LogP contribution in [0, 0.1) is 11.7 Å². The Kier molecular flexibility index (Phi) is 5.21. The third-order valence-corrected chi connectivity index (χ3v) is 4.49. The average Bonchev–Trinajstić information content (AvgIpc) is 2.98. The number of amides is 2. The number of aromatic hydroxyl groups is 1. The van der Waals surface area contributed by atoms with Crippen LogP contribution in [0.25, 0.3) is 0 Å². The van der Waals surface area contributed by atoms with Crippen LogP contribution in [-0.4, -0.2) is 34.7 Å². The van der Waals surface area contributed by atoms with Crippen molar-refractivity contribution < 1.29 is 23.8 Å². The highest BCUT2D eigenvalue weighted by Crippen LogP contribution is 2.23. The van der Waals surface area contributed by atoms with E-state index in [-0.39, 0.29) is 25.0 Å². The van der Waals surface area contributed by atoms with E-state index in [0.29, 0.717) is 12.0 Å². The van der Waals surface area contributed by atoms with E-state index in [4.69, 9.17) is 4.74 Å². The molecule has 0 unspecified atom stereocenters. The lowest BCUT2D eigenvalue weighted by atomic mass is 9.98. The van der Waals surface area contributed by atoms with Gasteiger partial charge < -0.3 is 9.84 Å². The van der Waals surface area contributed by atoms with E-state index in [1.54, 1.807) is 13.0 Å². The van der Waals surface area contributed by atoms with Crippen LogP contribution in [0.5, 0.6) is 5.75 Å². The molecule has 1 saturated heterocycles. The van der Waals surface area contributed by atoms with Crippen molar-refractivity contribution in [2.45, 2.75) is 25.8 Å². The molecule has 6 heteroatoms. The first-order valence-electron chi connectivity index (χ1n) is 8.47. The Hall–Kier alpha value is -2.89. The molecule has 0 bridgehead atoms. The second kappa shape index (κ2) is 7.56. The highest BCUT2D eigenvalue weighted by atomic mass is 19.1. The predicted molar refractivity (Wildman–Crippen MR) is 93.1 cm³/mol. The maximum absolute atomic E-state index is 13.5. The highest BCUT2D eigenvalue weighted by molar-refractivity contribution is 5.94. The fraction of sp³-hybridized carbons (Fsp3) is 0.300. The van der Waals surface area contributed by atoms with Crippen LogP contribution in [-0.2, 0) is 22.4 Å². The standard InChI is InChI=1S/C20H20FNO4/c1-13(9-15-7-8-18(23)17(21)11-15)19(24)22-16(12-26-20(22)25)10-14-5-3-2-4-6-14/h2-8,11,13,16,23H,9-10,12H2,1H3/t13-,16+/m0/s1. The summed E-state index contributed by atoms with van der Waals surface area (Å²) in [7, 11) is 0. The van der Waals surface area contributed by atoms with E-state index in [1.165, 1.54) is 17.0 Å². The molecule has 0 aromatic heterocycles. The minimum atomic E-state index is -0.732. The summed E-state index contributed by atoms with van der Waals surface area (Å²) in [6.07, 6.45) is 0.149. The largest absolute Gasteiger partial charge is 0.505 e. The molecule has 136 valence electrons. The van der Waals surface area contributed by atoms with Crippen LogP contribution in [0.15, 0.2) is 48.5 Å². The normalized spacial score (nSPS) is 17.8. The van der Waals surface area contributed by atoms with Crippen molar-refractivity contribution >= 4 is 12.0 Å². The molecular weight excluding hydrogens is 337 g/mol. The number of halogens is 1. The van der Waals surface area contributed by atoms with Gasteiger partial charge in [-0.05, 0) is 36.1 Å². The minimum Gasteiger partial charge on any atom is -0.505 e. The van der Waals surface area contributed by atoms with Gasteiger partial charge in [-0.2, -0.15) is 0 Å². The van der Waals surface area contributed by atoms with Gasteiger partial charge in [0.15, 0.2) is 11.6 Å². The number of nitrogens with zero attached hydrogens (tertiary/aromatic N) is 1. The molecule has 2 amide bonds. The topological polar surface area (TPSA) is 66.8 Å². The van der Waals surface area contributed by atoms with E-state index < -0.39 is 23.6 Å². The molecule has 0 spiro atoms. The van der Waals surface area contributed by atoms with Crippen molar-refractivity contribution in [3.8, 4) is 5.75 Å². The zero-order valence-corrected chi connectivity index (χ0v) is 14.4. The quantitative estimate of drug-likeness (QED) is 0.892. The van der Waals surface area contributed by atoms with Gasteiger partial charge in [-0.1, -0.05) is 43.3 Å². The van der Waals surface area contributed by atoms with Crippen LogP contribution in [0.2, 0.25) is 0 Å². The van der Waals surface area contributed by atoms with Crippen LogP contribution in [0.1, 0.15) is 18.1 Å². The minimum absolute atomic E-state index is 0.167. The van der Waals surface area contributed by atoms with Crippen molar-refractivity contribution in [1.82, 2.24) is 4.90 Å². The molecule has 3 rings (SSSR count). The number of carbonyl (C=O) groups is 2. The Labute approximate surface area is 151 Å². The predicted octanol–water partition coefficient (Wildman–Crippen LogP) is 3.30. The second-order valence-electron chi connectivity index (χ2n) is 6.52. The third kappa shape index (κ3) is 3.85. The molecule has 2 aromatic rings. The van der Waals surface area contributed by atoms with Crippen LogP contribution in [0.3, 0.4) is 0 Å². The number of carbonyl (C=O) groups excluding carboxylic acids is 2. The van der Waals surface area contributed by atoms with Crippen LogP contribution < -0.4 is 0 Å². The van der Waals surface area contributed by atoms with E-state index in [1.807, 2.05) is 30.3 Å². The lowest BCUT2D eigenvalue weighted by Gasteiger charge is -2.23. The molecule has 2 atom stereocenters. The monoisotopic (exact) mass is 357 g/mol. The van der Waals surface area contributed by atoms with Gasteiger partial charge in [-0.25, -0.2) is 14.1 Å². The van der Waals surface area contributed by atoms with Crippen molar-refractivity contribution in [2.24, 2.45) is 5.92 Å².